The predicted molar refractivity (Wildman–Crippen MR) is 60.7 cm³/mol. The minimum Gasteiger partial charge on any atom is -0.453 e. The summed E-state index contributed by atoms with van der Waals surface area (Å²) in [6.07, 6.45) is -4.53. The zero-order valence-electron chi connectivity index (χ0n) is 9.28. The Kier molecular flexibility index (Phi) is 4.81. The molecule has 106 valence electrons. The van der Waals surface area contributed by atoms with Crippen LogP contribution in [-0.2, 0) is 20.8 Å². The molecule has 9 heteroatoms. The van der Waals surface area contributed by atoms with Crippen LogP contribution in [0, 0.1) is 0 Å². The normalized spacial score (nSPS) is 12.2. The molecular formula is C10H8ClF3O4S. The van der Waals surface area contributed by atoms with E-state index in [1.54, 1.807) is 0 Å². The van der Waals surface area contributed by atoms with Gasteiger partial charge in [0.2, 0.25) is 0 Å². The van der Waals surface area contributed by atoms with Crippen LogP contribution in [0.2, 0.25) is 0 Å². The minimum absolute atomic E-state index is 0.286. The fourth-order valence-electron chi connectivity index (χ4n) is 1.20. The highest BCUT2D eigenvalue weighted by atomic mass is 35.5. The molecule has 0 aliphatic carbocycles. The van der Waals surface area contributed by atoms with Crippen molar-refractivity contribution in [2.75, 3.05) is 12.4 Å². The van der Waals surface area contributed by atoms with Gasteiger partial charge in [0.05, 0.1) is 16.2 Å². The molecule has 0 unspecified atom stereocenters. The monoisotopic (exact) mass is 316 g/mol. The van der Waals surface area contributed by atoms with Crippen LogP contribution in [0.3, 0.4) is 0 Å². The van der Waals surface area contributed by atoms with Crippen molar-refractivity contribution in [3.05, 3.63) is 29.8 Å². The Hall–Kier alpha value is -1.28. The SMILES string of the molecule is O=C(Cl)OCCS(=O)(=O)c1ccc(C(F)(F)F)cc1. The molecule has 0 bridgehead atoms. The highest BCUT2D eigenvalue weighted by Gasteiger charge is 2.30. The standard InChI is InChI=1S/C10H8ClF3O4S/c11-9(15)18-5-6-19(16,17)8-3-1-7(2-4-8)10(12,13)14/h1-4H,5-6H2. The molecule has 1 rings (SSSR count). The second-order valence-electron chi connectivity index (χ2n) is 3.43. The molecule has 0 amide bonds. The van der Waals surface area contributed by atoms with E-state index in [1.165, 1.54) is 0 Å². The molecule has 0 atom stereocenters. The molecule has 1 aromatic rings. The van der Waals surface area contributed by atoms with E-state index in [1.807, 2.05) is 0 Å². The van der Waals surface area contributed by atoms with Crippen molar-refractivity contribution in [1.82, 2.24) is 0 Å². The maximum Gasteiger partial charge on any atom is 0.416 e. The van der Waals surface area contributed by atoms with Crippen molar-refractivity contribution in [1.29, 1.82) is 0 Å². The van der Waals surface area contributed by atoms with Crippen LogP contribution in [0.5, 0.6) is 0 Å². The van der Waals surface area contributed by atoms with Gasteiger partial charge >= 0.3 is 11.6 Å². The summed E-state index contributed by atoms with van der Waals surface area (Å²) in [5.41, 5.74) is -2.10. The van der Waals surface area contributed by atoms with Gasteiger partial charge in [0.1, 0.15) is 6.61 Å². The molecule has 19 heavy (non-hydrogen) atoms. The number of benzene rings is 1. The lowest BCUT2D eigenvalue weighted by Gasteiger charge is -2.08. The Morgan fingerprint density at radius 2 is 1.74 bits per heavy atom. The number of carbonyl (C=O) groups is 1. The van der Waals surface area contributed by atoms with Gasteiger partial charge in [-0.25, -0.2) is 13.2 Å². The van der Waals surface area contributed by atoms with E-state index in [0.717, 1.165) is 12.1 Å². The zero-order valence-corrected chi connectivity index (χ0v) is 10.8. The lowest BCUT2D eigenvalue weighted by atomic mass is 10.2. The van der Waals surface area contributed by atoms with E-state index >= 15 is 0 Å². The summed E-state index contributed by atoms with van der Waals surface area (Å²) < 4.78 is 64.4. The van der Waals surface area contributed by atoms with E-state index in [0.29, 0.717) is 12.1 Å². The van der Waals surface area contributed by atoms with Crippen LogP contribution >= 0.6 is 11.6 Å². The van der Waals surface area contributed by atoms with Crippen molar-refractivity contribution in [2.45, 2.75) is 11.1 Å². The third kappa shape index (κ3) is 4.71. The summed E-state index contributed by atoms with van der Waals surface area (Å²) in [5.74, 6) is -0.559. The molecule has 0 heterocycles. The maximum atomic E-state index is 12.3. The van der Waals surface area contributed by atoms with Gasteiger partial charge in [-0.15, -0.1) is 0 Å². The summed E-state index contributed by atoms with van der Waals surface area (Å²) in [6.45, 7) is -0.467. The number of alkyl halides is 3. The molecule has 0 saturated carbocycles. The van der Waals surface area contributed by atoms with Crippen LogP contribution in [0.1, 0.15) is 5.56 Å². The number of hydrogen-bond acceptors (Lipinski definition) is 4. The second kappa shape index (κ2) is 5.79. The van der Waals surface area contributed by atoms with E-state index < -0.39 is 39.4 Å². The number of sulfone groups is 1. The summed E-state index contributed by atoms with van der Waals surface area (Å²) in [7, 11) is -3.82. The molecule has 0 fully saturated rings. The summed E-state index contributed by atoms with van der Waals surface area (Å²) in [6, 6.07) is 3.03. The van der Waals surface area contributed by atoms with Crippen molar-refractivity contribution in [3.63, 3.8) is 0 Å². The third-order valence-electron chi connectivity index (χ3n) is 2.11. The summed E-state index contributed by atoms with van der Waals surface area (Å²) in [4.78, 5) is 9.96. The highest BCUT2D eigenvalue weighted by molar-refractivity contribution is 7.91. The Bertz CT molecular complexity index is 551. The molecule has 0 saturated heterocycles. The van der Waals surface area contributed by atoms with E-state index in [-0.39, 0.29) is 4.90 Å². The van der Waals surface area contributed by atoms with Gasteiger partial charge in [0, 0.05) is 11.6 Å². The number of carbonyl (C=O) groups excluding carboxylic acids is 1. The van der Waals surface area contributed by atoms with Crippen LogP contribution in [0.4, 0.5) is 18.0 Å². The predicted octanol–water partition coefficient (Wildman–Crippen LogP) is 2.85. The molecule has 0 radical (unpaired) electrons. The van der Waals surface area contributed by atoms with Crippen molar-refractivity contribution < 1.29 is 31.1 Å². The second-order valence-corrected chi connectivity index (χ2v) is 5.84. The first-order valence-electron chi connectivity index (χ1n) is 4.85. The fraction of sp³-hybridized carbons (Fsp3) is 0.300. The number of ether oxygens (including phenoxy) is 1. The molecule has 0 aromatic heterocycles. The average Bonchev–Trinajstić information content (AvgIpc) is 2.27. The first kappa shape index (κ1) is 15.8. The lowest BCUT2D eigenvalue weighted by molar-refractivity contribution is -0.137. The van der Waals surface area contributed by atoms with Gasteiger partial charge in [-0.3, -0.25) is 0 Å². The number of halogens is 4. The van der Waals surface area contributed by atoms with Crippen molar-refractivity contribution in [3.8, 4) is 0 Å². The quantitative estimate of drug-likeness (QED) is 0.801. The molecule has 1 aromatic carbocycles. The first-order chi connectivity index (χ1) is 8.63. The van der Waals surface area contributed by atoms with Crippen molar-refractivity contribution in [2.24, 2.45) is 0 Å². The average molecular weight is 317 g/mol. The van der Waals surface area contributed by atoms with Crippen molar-refractivity contribution >= 4 is 26.9 Å². The van der Waals surface area contributed by atoms with Gasteiger partial charge in [0.15, 0.2) is 9.84 Å². The molecule has 0 aliphatic heterocycles. The Morgan fingerprint density at radius 3 is 2.16 bits per heavy atom. The Morgan fingerprint density at radius 1 is 1.21 bits per heavy atom. The highest BCUT2D eigenvalue weighted by Crippen LogP contribution is 2.29. The van der Waals surface area contributed by atoms with Gasteiger partial charge in [-0.2, -0.15) is 13.2 Å². The first-order valence-corrected chi connectivity index (χ1v) is 6.88. The molecule has 4 nitrogen and oxygen atoms in total. The van der Waals surface area contributed by atoms with Crippen LogP contribution in [0.15, 0.2) is 29.2 Å². The topological polar surface area (TPSA) is 60.4 Å². The molecular weight excluding hydrogens is 309 g/mol. The van der Waals surface area contributed by atoms with Crippen LogP contribution in [0.25, 0.3) is 0 Å². The molecule has 0 spiro atoms. The summed E-state index contributed by atoms with van der Waals surface area (Å²) >= 11 is 4.84. The smallest absolute Gasteiger partial charge is 0.416 e. The van der Waals surface area contributed by atoms with E-state index in [2.05, 4.69) is 4.74 Å². The zero-order chi connectivity index (χ0) is 14.7. The third-order valence-corrected chi connectivity index (χ3v) is 3.91. The van der Waals surface area contributed by atoms with Crippen LogP contribution < -0.4 is 0 Å². The number of hydrogen-bond donors (Lipinski definition) is 0. The fourth-order valence-corrected chi connectivity index (χ4v) is 2.37. The van der Waals surface area contributed by atoms with E-state index in [9.17, 15) is 26.4 Å². The Labute approximate surface area is 112 Å². The van der Waals surface area contributed by atoms with Crippen LogP contribution in [-0.4, -0.2) is 26.2 Å². The van der Waals surface area contributed by atoms with Gasteiger partial charge < -0.3 is 4.74 Å². The van der Waals surface area contributed by atoms with Gasteiger partial charge in [-0.1, -0.05) is 0 Å². The molecule has 0 N–H and O–H groups in total. The van der Waals surface area contributed by atoms with E-state index in [4.69, 9.17) is 11.6 Å². The summed E-state index contributed by atoms with van der Waals surface area (Å²) in [5, 5.41) is 0. The Balaban J connectivity index is 2.82. The van der Waals surface area contributed by atoms with Gasteiger partial charge in [0.25, 0.3) is 0 Å². The molecule has 0 aliphatic rings. The lowest BCUT2D eigenvalue weighted by Crippen LogP contribution is -2.14. The minimum atomic E-state index is -4.53. The van der Waals surface area contributed by atoms with Gasteiger partial charge in [-0.05, 0) is 24.3 Å². The largest absolute Gasteiger partial charge is 0.453 e. The number of rotatable bonds is 4. The maximum absolute atomic E-state index is 12.3.